The van der Waals surface area contributed by atoms with E-state index >= 15 is 0 Å². The van der Waals surface area contributed by atoms with Gasteiger partial charge in [-0.25, -0.2) is 0 Å². The molecule has 1 heteroatoms. The monoisotopic (exact) mass is 223 g/mol. The largest absolute Gasteiger partial charge is 0.314 e. The summed E-state index contributed by atoms with van der Waals surface area (Å²) in [6, 6.07) is 0.692. The van der Waals surface area contributed by atoms with Crippen LogP contribution in [0.1, 0.15) is 72.1 Å². The fourth-order valence-corrected chi connectivity index (χ4v) is 1.89. The molecule has 94 valence electrons. The molecule has 0 aromatic heterocycles. The third kappa shape index (κ3) is 10.1. The van der Waals surface area contributed by atoms with Gasteiger partial charge in [-0.3, -0.25) is 0 Å². The summed E-state index contributed by atoms with van der Waals surface area (Å²) in [7, 11) is 0. The molecule has 16 heavy (non-hydrogen) atoms. The normalized spacial score (nSPS) is 11.9. The van der Waals surface area contributed by atoms with Gasteiger partial charge in [0.1, 0.15) is 0 Å². The van der Waals surface area contributed by atoms with Gasteiger partial charge in [0.05, 0.1) is 0 Å². The van der Waals surface area contributed by atoms with Crippen LogP contribution in [-0.2, 0) is 0 Å². The van der Waals surface area contributed by atoms with Gasteiger partial charge in [-0.2, -0.15) is 0 Å². The van der Waals surface area contributed by atoms with E-state index in [0.29, 0.717) is 6.04 Å². The Balaban J connectivity index is 3.65. The number of hydrogen-bond acceptors (Lipinski definition) is 1. The lowest BCUT2D eigenvalue weighted by molar-refractivity contribution is 0.436. The summed E-state index contributed by atoms with van der Waals surface area (Å²) < 4.78 is 0. The summed E-state index contributed by atoms with van der Waals surface area (Å²) >= 11 is 0. The number of rotatable bonds is 10. The summed E-state index contributed by atoms with van der Waals surface area (Å²) in [5.41, 5.74) is 0. The van der Waals surface area contributed by atoms with Crippen LogP contribution in [0.2, 0.25) is 0 Å². The smallest absolute Gasteiger partial charge is 0.0103 e. The van der Waals surface area contributed by atoms with Gasteiger partial charge in [0.25, 0.3) is 0 Å². The summed E-state index contributed by atoms with van der Waals surface area (Å²) in [6.45, 7) is 7.57. The second-order valence-electron chi connectivity index (χ2n) is 4.47. The van der Waals surface area contributed by atoms with Crippen molar-refractivity contribution in [2.45, 2.75) is 78.2 Å². The highest BCUT2D eigenvalue weighted by molar-refractivity contribution is 4.95. The predicted octanol–water partition coefficient (Wildman–Crippen LogP) is 4.13. The van der Waals surface area contributed by atoms with E-state index in [1.807, 2.05) is 6.92 Å². The maximum Gasteiger partial charge on any atom is 0.0103 e. The van der Waals surface area contributed by atoms with Crippen LogP contribution in [0.4, 0.5) is 0 Å². The molecule has 0 heterocycles. The zero-order chi connectivity index (χ0) is 12.1. The number of hydrogen-bond donors (Lipinski definition) is 1. The molecule has 0 aliphatic rings. The van der Waals surface area contributed by atoms with Crippen molar-refractivity contribution in [1.29, 1.82) is 0 Å². The maximum absolute atomic E-state index is 3.64. The van der Waals surface area contributed by atoms with Gasteiger partial charge in [-0.05, 0) is 32.7 Å². The molecule has 0 aromatic rings. The van der Waals surface area contributed by atoms with E-state index in [-0.39, 0.29) is 0 Å². The van der Waals surface area contributed by atoms with Gasteiger partial charge in [-0.15, -0.1) is 11.8 Å². The highest BCUT2D eigenvalue weighted by atomic mass is 14.9. The number of unbranched alkanes of at least 4 members (excludes halogenated alkanes) is 3. The summed E-state index contributed by atoms with van der Waals surface area (Å²) in [4.78, 5) is 0. The van der Waals surface area contributed by atoms with E-state index < -0.39 is 0 Å². The molecule has 0 aromatic carbocycles. The van der Waals surface area contributed by atoms with E-state index in [1.165, 1.54) is 44.9 Å². The minimum Gasteiger partial charge on any atom is -0.314 e. The van der Waals surface area contributed by atoms with Crippen LogP contribution in [-0.4, -0.2) is 12.6 Å². The molecular formula is C15H29N. The average molecular weight is 223 g/mol. The van der Waals surface area contributed by atoms with Crippen LogP contribution < -0.4 is 5.32 Å². The van der Waals surface area contributed by atoms with Crippen molar-refractivity contribution in [1.82, 2.24) is 5.32 Å². The molecule has 0 aliphatic heterocycles. The van der Waals surface area contributed by atoms with E-state index in [0.717, 1.165) is 13.0 Å². The third-order valence-electron chi connectivity index (χ3n) is 2.88. The van der Waals surface area contributed by atoms with E-state index in [2.05, 4.69) is 31.0 Å². The van der Waals surface area contributed by atoms with Crippen LogP contribution in [0.15, 0.2) is 0 Å². The van der Waals surface area contributed by atoms with E-state index in [4.69, 9.17) is 0 Å². The average Bonchev–Trinajstić information content (AvgIpc) is 2.31. The van der Waals surface area contributed by atoms with E-state index in [1.54, 1.807) is 0 Å². The fourth-order valence-electron chi connectivity index (χ4n) is 1.89. The lowest BCUT2D eigenvalue weighted by Gasteiger charge is -2.17. The molecule has 1 nitrogen and oxygen atoms in total. The molecule has 0 fully saturated rings. The fraction of sp³-hybridized carbons (Fsp3) is 0.867. The second kappa shape index (κ2) is 12.6. The summed E-state index contributed by atoms with van der Waals surface area (Å²) in [6.07, 6.45) is 10.3. The second-order valence-corrected chi connectivity index (χ2v) is 4.47. The summed E-state index contributed by atoms with van der Waals surface area (Å²) in [5, 5.41) is 3.64. The minimum absolute atomic E-state index is 0.692. The molecule has 0 radical (unpaired) electrons. The Morgan fingerprint density at radius 2 is 1.81 bits per heavy atom. The Kier molecular flexibility index (Phi) is 12.2. The zero-order valence-electron chi connectivity index (χ0n) is 11.4. The van der Waals surface area contributed by atoms with Gasteiger partial charge in [-0.1, -0.05) is 39.5 Å². The van der Waals surface area contributed by atoms with Crippen molar-refractivity contribution in [3.05, 3.63) is 0 Å². The van der Waals surface area contributed by atoms with Crippen molar-refractivity contribution >= 4 is 0 Å². The topological polar surface area (TPSA) is 12.0 Å². The first-order valence-electron chi connectivity index (χ1n) is 6.98. The number of nitrogens with one attached hydrogen (secondary N) is 1. The molecule has 1 atom stereocenters. The SMILES string of the molecule is CC#CCCC(CCCCCC)NCCC. The standard InChI is InChI=1S/C15H29N/c1-4-7-9-11-13-15(16-14-6-3)12-10-8-5-2/h15-16H,4,6-7,9-14H2,1-3H3. The zero-order valence-corrected chi connectivity index (χ0v) is 11.4. The first-order valence-corrected chi connectivity index (χ1v) is 6.98. The molecule has 0 bridgehead atoms. The first-order chi connectivity index (χ1) is 7.85. The lowest BCUT2D eigenvalue weighted by atomic mass is 10.0. The molecule has 0 saturated heterocycles. The van der Waals surface area contributed by atoms with Gasteiger partial charge < -0.3 is 5.32 Å². The maximum atomic E-state index is 3.64. The minimum atomic E-state index is 0.692. The van der Waals surface area contributed by atoms with Crippen LogP contribution in [0, 0.1) is 11.8 Å². The van der Waals surface area contributed by atoms with Crippen LogP contribution in [0.3, 0.4) is 0 Å². The van der Waals surface area contributed by atoms with Gasteiger partial charge in [0, 0.05) is 12.5 Å². The van der Waals surface area contributed by atoms with Crippen LogP contribution in [0.5, 0.6) is 0 Å². The van der Waals surface area contributed by atoms with Gasteiger partial charge >= 0.3 is 0 Å². The predicted molar refractivity (Wildman–Crippen MR) is 73.5 cm³/mol. The Labute approximate surface area is 102 Å². The summed E-state index contributed by atoms with van der Waals surface area (Å²) in [5.74, 6) is 6.14. The Morgan fingerprint density at radius 3 is 2.44 bits per heavy atom. The Hall–Kier alpha value is -0.480. The van der Waals surface area contributed by atoms with Crippen molar-refractivity contribution in [2.24, 2.45) is 0 Å². The molecule has 0 rings (SSSR count). The van der Waals surface area contributed by atoms with Crippen molar-refractivity contribution in [3.8, 4) is 11.8 Å². The molecular weight excluding hydrogens is 194 g/mol. The van der Waals surface area contributed by atoms with Gasteiger partial charge in [0.2, 0.25) is 0 Å². The van der Waals surface area contributed by atoms with Crippen LogP contribution in [0.25, 0.3) is 0 Å². The van der Waals surface area contributed by atoms with Gasteiger partial charge in [0.15, 0.2) is 0 Å². The van der Waals surface area contributed by atoms with Crippen molar-refractivity contribution in [3.63, 3.8) is 0 Å². The lowest BCUT2D eigenvalue weighted by Crippen LogP contribution is -2.29. The quantitative estimate of drug-likeness (QED) is 0.434. The van der Waals surface area contributed by atoms with E-state index in [9.17, 15) is 0 Å². The van der Waals surface area contributed by atoms with Crippen molar-refractivity contribution in [2.75, 3.05) is 6.54 Å². The van der Waals surface area contributed by atoms with Crippen molar-refractivity contribution < 1.29 is 0 Å². The molecule has 0 saturated carbocycles. The Morgan fingerprint density at radius 1 is 1.00 bits per heavy atom. The van der Waals surface area contributed by atoms with Crippen LogP contribution >= 0.6 is 0 Å². The third-order valence-corrected chi connectivity index (χ3v) is 2.88. The molecule has 1 unspecified atom stereocenters. The highest BCUT2D eigenvalue weighted by Crippen LogP contribution is 2.09. The molecule has 0 spiro atoms. The first kappa shape index (κ1) is 15.5. The highest BCUT2D eigenvalue weighted by Gasteiger charge is 2.05. The molecule has 0 amide bonds. The molecule has 1 N–H and O–H groups in total. The Bertz CT molecular complexity index is 187. The molecule has 0 aliphatic carbocycles.